The van der Waals surface area contributed by atoms with Crippen LogP contribution in [0.4, 0.5) is 0 Å². The topological polar surface area (TPSA) is 123 Å². The van der Waals surface area contributed by atoms with Gasteiger partial charge < -0.3 is 29.5 Å². The van der Waals surface area contributed by atoms with Crippen molar-refractivity contribution in [2.45, 2.75) is 135 Å². The Kier molecular flexibility index (Phi) is 14.7. The van der Waals surface area contributed by atoms with Crippen molar-refractivity contribution in [2.75, 3.05) is 0 Å². The van der Waals surface area contributed by atoms with E-state index in [1.54, 1.807) is 12.1 Å². The molecule has 2 aromatic carbocycles. The van der Waals surface area contributed by atoms with Gasteiger partial charge in [-0.1, -0.05) is 97.0 Å². The third kappa shape index (κ3) is 11.4. The van der Waals surface area contributed by atoms with Crippen LogP contribution in [0.5, 0.6) is 28.7 Å². The fourth-order valence-electron chi connectivity index (χ4n) is 5.40. The standard InChI is InChI=1S/C35H50O8/c1-3-5-7-9-11-13-15-17-33(39)41-26-22-31(42-34(40)18-16-14-12-10-8-6-4-2)27-24-30(38)35(43-32(27)23-26)25-19-20-28(36)29(37)21-25/h19-23,30,35-38H,3-18,24H2,1-2H3/t30-,35-/m0/s1. The largest absolute Gasteiger partial charge is 0.504 e. The Labute approximate surface area is 256 Å². The number of phenols is 2. The van der Waals surface area contributed by atoms with E-state index in [2.05, 4.69) is 13.8 Å². The van der Waals surface area contributed by atoms with Crippen molar-refractivity contribution in [1.29, 1.82) is 0 Å². The highest BCUT2D eigenvalue weighted by atomic mass is 16.6. The molecular formula is C35H50O8. The number of benzene rings is 2. The van der Waals surface area contributed by atoms with Gasteiger partial charge in [0.25, 0.3) is 0 Å². The Balaban J connectivity index is 1.69. The third-order valence-corrected chi connectivity index (χ3v) is 7.91. The first-order chi connectivity index (χ1) is 20.8. The van der Waals surface area contributed by atoms with Gasteiger partial charge in [0.05, 0.1) is 6.10 Å². The van der Waals surface area contributed by atoms with Crippen molar-refractivity contribution in [1.82, 2.24) is 0 Å². The first-order valence-corrected chi connectivity index (χ1v) is 16.3. The molecule has 8 nitrogen and oxygen atoms in total. The molecule has 1 aliphatic heterocycles. The van der Waals surface area contributed by atoms with Gasteiger partial charge in [-0.25, -0.2) is 0 Å². The van der Waals surface area contributed by atoms with E-state index >= 15 is 0 Å². The van der Waals surface area contributed by atoms with Gasteiger partial charge in [0, 0.05) is 37.0 Å². The highest BCUT2D eigenvalue weighted by Crippen LogP contribution is 2.44. The molecule has 0 amide bonds. The summed E-state index contributed by atoms with van der Waals surface area (Å²) in [6.07, 6.45) is 14.0. The highest BCUT2D eigenvalue weighted by molar-refractivity contribution is 5.75. The molecule has 1 aliphatic rings. The molecular weight excluding hydrogens is 548 g/mol. The van der Waals surface area contributed by atoms with Gasteiger partial charge in [-0.2, -0.15) is 0 Å². The van der Waals surface area contributed by atoms with Gasteiger partial charge in [0.1, 0.15) is 23.4 Å². The third-order valence-electron chi connectivity index (χ3n) is 7.91. The quantitative estimate of drug-likeness (QED) is 0.0640. The van der Waals surface area contributed by atoms with Crippen LogP contribution in [0, 0.1) is 0 Å². The molecule has 8 heteroatoms. The van der Waals surface area contributed by atoms with E-state index in [0.29, 0.717) is 16.9 Å². The van der Waals surface area contributed by atoms with Crippen molar-refractivity contribution >= 4 is 11.9 Å². The number of unbranched alkanes of at least 4 members (excludes halogenated alkanes) is 12. The molecule has 3 N–H and O–H groups in total. The number of fused-ring (bicyclic) bond motifs is 1. The van der Waals surface area contributed by atoms with Gasteiger partial charge >= 0.3 is 11.9 Å². The molecule has 0 spiro atoms. The zero-order chi connectivity index (χ0) is 31.0. The number of esters is 2. The molecule has 43 heavy (non-hydrogen) atoms. The van der Waals surface area contributed by atoms with Crippen LogP contribution >= 0.6 is 0 Å². The van der Waals surface area contributed by atoms with Crippen molar-refractivity contribution in [3.8, 4) is 28.7 Å². The van der Waals surface area contributed by atoms with Crippen molar-refractivity contribution in [2.24, 2.45) is 0 Å². The van der Waals surface area contributed by atoms with E-state index < -0.39 is 12.2 Å². The molecule has 0 fully saturated rings. The predicted octanol–water partition coefficient (Wildman–Crippen LogP) is 8.23. The summed E-state index contributed by atoms with van der Waals surface area (Å²) in [5.41, 5.74) is 0.971. The van der Waals surface area contributed by atoms with Crippen LogP contribution in [0.25, 0.3) is 0 Å². The molecule has 0 radical (unpaired) electrons. The lowest BCUT2D eigenvalue weighted by atomic mass is 9.94. The summed E-state index contributed by atoms with van der Waals surface area (Å²) >= 11 is 0. The van der Waals surface area contributed by atoms with Crippen LogP contribution in [-0.4, -0.2) is 33.4 Å². The first kappa shape index (κ1) is 34.2. The minimum absolute atomic E-state index is 0.119. The Hall–Kier alpha value is -3.26. The summed E-state index contributed by atoms with van der Waals surface area (Å²) in [6.45, 7) is 4.37. The molecule has 0 aromatic heterocycles. The summed E-state index contributed by atoms with van der Waals surface area (Å²) in [4.78, 5) is 25.5. The van der Waals surface area contributed by atoms with Crippen molar-refractivity contribution in [3.05, 3.63) is 41.5 Å². The second kappa shape index (κ2) is 18.4. The molecule has 0 aliphatic carbocycles. The monoisotopic (exact) mass is 598 g/mol. The van der Waals surface area contributed by atoms with E-state index in [-0.39, 0.29) is 54.2 Å². The number of aromatic hydroxyl groups is 2. The average Bonchev–Trinajstić information content (AvgIpc) is 2.98. The molecule has 0 saturated heterocycles. The number of aliphatic hydroxyl groups is 1. The number of hydrogen-bond acceptors (Lipinski definition) is 8. The number of carbonyl (C=O) groups excluding carboxylic acids is 2. The molecule has 2 atom stereocenters. The van der Waals surface area contributed by atoms with E-state index in [1.165, 1.54) is 63.1 Å². The maximum absolute atomic E-state index is 12.8. The second-order valence-corrected chi connectivity index (χ2v) is 11.6. The predicted molar refractivity (Wildman–Crippen MR) is 166 cm³/mol. The zero-order valence-electron chi connectivity index (χ0n) is 25.9. The van der Waals surface area contributed by atoms with Gasteiger partial charge in [-0.15, -0.1) is 0 Å². The van der Waals surface area contributed by atoms with Crippen LogP contribution < -0.4 is 14.2 Å². The summed E-state index contributed by atoms with van der Waals surface area (Å²) in [5.74, 6) is -0.633. The van der Waals surface area contributed by atoms with Gasteiger partial charge in [0.2, 0.25) is 0 Å². The lowest BCUT2D eigenvalue weighted by Crippen LogP contribution is -2.31. The molecule has 1 heterocycles. The minimum atomic E-state index is -1.01. The first-order valence-electron chi connectivity index (χ1n) is 16.3. The van der Waals surface area contributed by atoms with Crippen molar-refractivity contribution < 1.29 is 39.1 Å². The maximum atomic E-state index is 12.8. The Bertz CT molecular complexity index is 1160. The molecule has 3 rings (SSSR count). The van der Waals surface area contributed by atoms with E-state index in [9.17, 15) is 24.9 Å². The van der Waals surface area contributed by atoms with Crippen LogP contribution in [0.1, 0.15) is 134 Å². The molecule has 238 valence electrons. The molecule has 0 saturated carbocycles. The maximum Gasteiger partial charge on any atom is 0.311 e. The lowest BCUT2D eigenvalue weighted by Gasteiger charge is -2.32. The number of ether oxygens (including phenoxy) is 3. The average molecular weight is 599 g/mol. The fraction of sp³-hybridized carbons (Fsp3) is 0.600. The summed E-state index contributed by atoms with van der Waals surface area (Å²) in [6, 6.07) is 7.32. The Morgan fingerprint density at radius 2 is 1.30 bits per heavy atom. The summed E-state index contributed by atoms with van der Waals surface area (Å²) in [7, 11) is 0. The van der Waals surface area contributed by atoms with E-state index in [0.717, 1.165) is 44.9 Å². The molecule has 0 unspecified atom stereocenters. The fourth-order valence-corrected chi connectivity index (χ4v) is 5.40. The highest BCUT2D eigenvalue weighted by Gasteiger charge is 2.33. The van der Waals surface area contributed by atoms with Gasteiger partial charge in [0.15, 0.2) is 11.5 Å². The number of hydrogen-bond donors (Lipinski definition) is 3. The SMILES string of the molecule is CCCCCCCCCC(=O)Oc1cc(OC(=O)CCCCCCCCC)c2c(c1)O[C@@H](c1ccc(O)c(O)c1)[C@@H](O)C2. The second-order valence-electron chi connectivity index (χ2n) is 11.6. The smallest absolute Gasteiger partial charge is 0.311 e. The van der Waals surface area contributed by atoms with Gasteiger partial charge in [-0.05, 0) is 30.5 Å². The minimum Gasteiger partial charge on any atom is -0.504 e. The van der Waals surface area contributed by atoms with Crippen LogP contribution in [0.15, 0.2) is 30.3 Å². The number of aliphatic hydroxyl groups excluding tert-OH is 1. The zero-order valence-corrected chi connectivity index (χ0v) is 25.9. The van der Waals surface area contributed by atoms with Crippen molar-refractivity contribution in [3.63, 3.8) is 0 Å². The normalized spacial score (nSPS) is 15.9. The summed E-state index contributed by atoms with van der Waals surface area (Å²) < 4.78 is 17.5. The molecule has 2 aromatic rings. The number of rotatable bonds is 19. The van der Waals surface area contributed by atoms with Crippen LogP contribution in [-0.2, 0) is 16.0 Å². The van der Waals surface area contributed by atoms with E-state index in [4.69, 9.17) is 14.2 Å². The summed E-state index contributed by atoms with van der Waals surface area (Å²) in [5, 5.41) is 30.6. The molecule has 0 bridgehead atoms. The Morgan fingerprint density at radius 1 is 0.744 bits per heavy atom. The van der Waals surface area contributed by atoms with Gasteiger partial charge in [-0.3, -0.25) is 9.59 Å². The Morgan fingerprint density at radius 3 is 1.88 bits per heavy atom. The van der Waals surface area contributed by atoms with E-state index in [1.807, 2.05) is 0 Å². The number of phenolic OH excluding ortho intramolecular Hbond substituents is 2. The van der Waals surface area contributed by atoms with Crippen LogP contribution in [0.3, 0.4) is 0 Å². The van der Waals surface area contributed by atoms with Crippen LogP contribution in [0.2, 0.25) is 0 Å². The number of carbonyl (C=O) groups is 2. The lowest BCUT2D eigenvalue weighted by molar-refractivity contribution is -0.135.